The fourth-order valence-corrected chi connectivity index (χ4v) is 1.71. The van der Waals surface area contributed by atoms with Crippen LogP contribution in [-0.4, -0.2) is 12.3 Å². The summed E-state index contributed by atoms with van der Waals surface area (Å²) in [7, 11) is 0. The van der Waals surface area contributed by atoms with Gasteiger partial charge in [0.15, 0.2) is 0 Å². The molecule has 1 heterocycles. The molecule has 1 aliphatic rings. The Morgan fingerprint density at radius 1 is 1.00 bits per heavy atom. The van der Waals surface area contributed by atoms with Crippen LogP contribution in [0.2, 0.25) is 0 Å². The maximum Gasteiger partial charge on any atom is 0.0433 e. The van der Waals surface area contributed by atoms with Gasteiger partial charge in [-0.05, 0) is 31.4 Å². The lowest BCUT2D eigenvalue weighted by Gasteiger charge is -2.14. The Balaban J connectivity index is 0.000000509. The molecule has 90 valence electrons. The van der Waals surface area contributed by atoms with Crippen LogP contribution in [0.3, 0.4) is 0 Å². The summed E-state index contributed by atoms with van der Waals surface area (Å²) in [6.45, 7) is 13.2. The molecule has 0 radical (unpaired) electrons. The molecule has 1 aliphatic heterocycles. The van der Waals surface area contributed by atoms with Gasteiger partial charge in [-0.25, -0.2) is 0 Å². The van der Waals surface area contributed by atoms with Crippen molar-refractivity contribution in [2.24, 2.45) is 4.99 Å². The molecule has 0 unspecified atom stereocenters. The number of aryl methyl sites for hydroxylation is 1. The molecule has 1 heteroatoms. The first-order chi connectivity index (χ1) is 7.77. The van der Waals surface area contributed by atoms with E-state index in [2.05, 4.69) is 37.0 Å². The SMILES string of the molecule is CC.CC.CC1=NCCc2cc(C)ccc21. The van der Waals surface area contributed by atoms with E-state index in [1.54, 1.807) is 0 Å². The lowest BCUT2D eigenvalue weighted by molar-refractivity contribution is 0.939. The topological polar surface area (TPSA) is 12.4 Å². The van der Waals surface area contributed by atoms with Crippen molar-refractivity contribution in [1.29, 1.82) is 0 Å². The van der Waals surface area contributed by atoms with Crippen molar-refractivity contribution >= 4 is 5.71 Å². The highest BCUT2D eigenvalue weighted by atomic mass is 14.7. The van der Waals surface area contributed by atoms with E-state index in [-0.39, 0.29) is 0 Å². The molecule has 0 saturated carbocycles. The Labute approximate surface area is 101 Å². The zero-order valence-corrected chi connectivity index (χ0v) is 11.6. The molecule has 0 amide bonds. The first-order valence-corrected chi connectivity index (χ1v) is 6.38. The lowest BCUT2D eigenvalue weighted by Crippen LogP contribution is -2.09. The Morgan fingerprint density at radius 2 is 1.62 bits per heavy atom. The first kappa shape index (κ1) is 14.9. The van der Waals surface area contributed by atoms with E-state index >= 15 is 0 Å². The van der Waals surface area contributed by atoms with Crippen LogP contribution in [0.1, 0.15) is 51.3 Å². The van der Waals surface area contributed by atoms with Crippen LogP contribution in [0, 0.1) is 6.92 Å². The van der Waals surface area contributed by atoms with Crippen molar-refractivity contribution in [3.63, 3.8) is 0 Å². The predicted octanol–water partition coefficient (Wildman–Crippen LogP) is 4.41. The summed E-state index contributed by atoms with van der Waals surface area (Å²) in [5, 5.41) is 0. The zero-order valence-electron chi connectivity index (χ0n) is 11.6. The summed E-state index contributed by atoms with van der Waals surface area (Å²) in [6, 6.07) is 6.61. The normalized spacial score (nSPS) is 12.2. The van der Waals surface area contributed by atoms with Gasteiger partial charge in [0.2, 0.25) is 0 Å². The Bertz CT molecular complexity index is 337. The number of rotatable bonds is 0. The maximum absolute atomic E-state index is 4.42. The molecule has 1 aromatic carbocycles. The molecule has 2 rings (SSSR count). The molecule has 16 heavy (non-hydrogen) atoms. The first-order valence-electron chi connectivity index (χ1n) is 6.38. The number of nitrogens with zero attached hydrogens (tertiary/aromatic N) is 1. The van der Waals surface area contributed by atoms with Crippen LogP contribution in [-0.2, 0) is 6.42 Å². The van der Waals surface area contributed by atoms with Crippen LogP contribution in [0.15, 0.2) is 23.2 Å². The van der Waals surface area contributed by atoms with E-state index in [1.807, 2.05) is 27.7 Å². The van der Waals surface area contributed by atoms with Gasteiger partial charge < -0.3 is 0 Å². The minimum absolute atomic E-state index is 0.961. The van der Waals surface area contributed by atoms with Crippen molar-refractivity contribution in [1.82, 2.24) is 0 Å². The molecule has 0 aromatic heterocycles. The third-order valence-electron chi connectivity index (χ3n) is 2.38. The Morgan fingerprint density at radius 3 is 2.25 bits per heavy atom. The predicted molar refractivity (Wildman–Crippen MR) is 74.7 cm³/mol. The van der Waals surface area contributed by atoms with Gasteiger partial charge in [-0.15, -0.1) is 0 Å². The molecule has 0 aliphatic carbocycles. The molecule has 0 fully saturated rings. The summed E-state index contributed by atoms with van der Waals surface area (Å²) in [5.74, 6) is 0. The Kier molecular flexibility index (Phi) is 7.53. The smallest absolute Gasteiger partial charge is 0.0433 e. The molecule has 1 aromatic rings. The molecular weight excluding hydrogens is 194 g/mol. The molecule has 0 saturated heterocycles. The molecule has 0 N–H and O–H groups in total. The number of hydrogen-bond donors (Lipinski definition) is 0. The van der Waals surface area contributed by atoms with E-state index in [0.717, 1.165) is 13.0 Å². The van der Waals surface area contributed by atoms with Crippen molar-refractivity contribution in [3.8, 4) is 0 Å². The van der Waals surface area contributed by atoms with Gasteiger partial charge in [-0.2, -0.15) is 0 Å². The lowest BCUT2D eigenvalue weighted by atomic mass is 9.97. The highest BCUT2D eigenvalue weighted by Gasteiger charge is 2.09. The van der Waals surface area contributed by atoms with Crippen molar-refractivity contribution in [2.75, 3.05) is 6.54 Å². The van der Waals surface area contributed by atoms with E-state index in [0.29, 0.717) is 0 Å². The molecule has 1 nitrogen and oxygen atoms in total. The monoisotopic (exact) mass is 219 g/mol. The fourth-order valence-electron chi connectivity index (χ4n) is 1.71. The van der Waals surface area contributed by atoms with Crippen LogP contribution in [0.25, 0.3) is 0 Å². The minimum Gasteiger partial charge on any atom is -0.289 e. The standard InChI is InChI=1S/C11H13N.2C2H6/c1-8-3-4-11-9(2)12-6-5-10(11)7-8;2*1-2/h3-4,7H,5-6H2,1-2H3;2*1-2H3. The summed E-state index contributed by atoms with van der Waals surface area (Å²) in [4.78, 5) is 4.42. The number of benzene rings is 1. The second-order valence-corrected chi connectivity index (χ2v) is 3.38. The van der Waals surface area contributed by atoms with Crippen molar-refractivity contribution < 1.29 is 0 Å². The maximum atomic E-state index is 4.42. The van der Waals surface area contributed by atoms with Gasteiger partial charge in [0.1, 0.15) is 0 Å². The average molecular weight is 219 g/mol. The summed E-state index contributed by atoms with van der Waals surface area (Å²) in [5.41, 5.74) is 5.34. The Hall–Kier alpha value is -1.11. The van der Waals surface area contributed by atoms with E-state index in [4.69, 9.17) is 0 Å². The van der Waals surface area contributed by atoms with Gasteiger partial charge >= 0.3 is 0 Å². The highest BCUT2D eigenvalue weighted by Crippen LogP contribution is 2.17. The van der Waals surface area contributed by atoms with Gasteiger partial charge in [0.05, 0.1) is 0 Å². The van der Waals surface area contributed by atoms with Crippen LogP contribution in [0.5, 0.6) is 0 Å². The van der Waals surface area contributed by atoms with Crippen LogP contribution < -0.4 is 0 Å². The van der Waals surface area contributed by atoms with E-state index in [1.165, 1.54) is 22.4 Å². The molecular formula is C15H25N. The van der Waals surface area contributed by atoms with Gasteiger partial charge in [-0.1, -0.05) is 51.5 Å². The summed E-state index contributed by atoms with van der Waals surface area (Å²) in [6.07, 6.45) is 1.11. The minimum atomic E-state index is 0.961. The molecule has 0 bridgehead atoms. The average Bonchev–Trinajstić information content (AvgIpc) is 2.34. The third kappa shape index (κ3) is 3.80. The van der Waals surface area contributed by atoms with Gasteiger partial charge in [0, 0.05) is 12.3 Å². The second-order valence-electron chi connectivity index (χ2n) is 3.38. The van der Waals surface area contributed by atoms with Crippen molar-refractivity contribution in [3.05, 3.63) is 34.9 Å². The fraction of sp³-hybridized carbons (Fsp3) is 0.533. The number of aliphatic imine (C=N–C) groups is 1. The highest BCUT2D eigenvalue weighted by molar-refractivity contribution is 6.00. The van der Waals surface area contributed by atoms with E-state index in [9.17, 15) is 0 Å². The number of hydrogen-bond acceptors (Lipinski definition) is 1. The zero-order chi connectivity index (χ0) is 12.6. The second kappa shape index (κ2) is 8.09. The van der Waals surface area contributed by atoms with Crippen molar-refractivity contribution in [2.45, 2.75) is 48.0 Å². The quantitative estimate of drug-likeness (QED) is 0.613. The molecule has 0 spiro atoms. The van der Waals surface area contributed by atoms with Crippen LogP contribution >= 0.6 is 0 Å². The van der Waals surface area contributed by atoms with Gasteiger partial charge in [-0.3, -0.25) is 4.99 Å². The number of fused-ring (bicyclic) bond motifs is 1. The van der Waals surface area contributed by atoms with Gasteiger partial charge in [0.25, 0.3) is 0 Å². The summed E-state index contributed by atoms with van der Waals surface area (Å²) >= 11 is 0. The third-order valence-corrected chi connectivity index (χ3v) is 2.38. The molecule has 0 atom stereocenters. The summed E-state index contributed by atoms with van der Waals surface area (Å²) < 4.78 is 0. The largest absolute Gasteiger partial charge is 0.289 e. The van der Waals surface area contributed by atoms with E-state index < -0.39 is 0 Å². The van der Waals surface area contributed by atoms with Crippen LogP contribution in [0.4, 0.5) is 0 Å².